The molecule has 0 aliphatic heterocycles. The van der Waals surface area contributed by atoms with Gasteiger partial charge in [0.1, 0.15) is 5.52 Å². The molecule has 0 spiro atoms. The first kappa shape index (κ1) is 15.8. The molecule has 2 aliphatic carbocycles. The summed E-state index contributed by atoms with van der Waals surface area (Å²) in [4.78, 5) is 27.4. The monoisotopic (exact) mass is 339 g/mol. The van der Waals surface area contributed by atoms with E-state index >= 15 is 0 Å². The van der Waals surface area contributed by atoms with Gasteiger partial charge in [-0.1, -0.05) is 25.3 Å². The highest BCUT2D eigenvalue weighted by atomic mass is 16.5. The molecule has 7 nitrogen and oxygen atoms in total. The Labute approximate surface area is 145 Å². The molecule has 130 valence electrons. The van der Waals surface area contributed by atoms with Gasteiger partial charge in [0.2, 0.25) is 11.8 Å². The standard InChI is InChI=1S/C18H21N5O2/c24-14-8-6-13(7-9-14)21-18-22-16-15(19-11-20-16)17(23-18)25-10-12-4-2-1-3-5-12/h6-8,11-12H,1-5,9-10H2,(H2,19,20,21,22,23). The highest BCUT2D eigenvalue weighted by molar-refractivity contribution is 5.92. The van der Waals surface area contributed by atoms with Crippen LogP contribution in [0.25, 0.3) is 11.2 Å². The third kappa shape index (κ3) is 3.70. The summed E-state index contributed by atoms with van der Waals surface area (Å²) < 4.78 is 6.01. The number of hydrogen-bond donors (Lipinski definition) is 2. The summed E-state index contributed by atoms with van der Waals surface area (Å²) in [5.41, 5.74) is 2.07. The first-order chi connectivity index (χ1) is 12.3. The van der Waals surface area contributed by atoms with Crippen molar-refractivity contribution in [3.8, 4) is 5.88 Å². The van der Waals surface area contributed by atoms with Crippen molar-refractivity contribution < 1.29 is 9.53 Å². The van der Waals surface area contributed by atoms with Crippen LogP contribution in [-0.2, 0) is 4.79 Å². The van der Waals surface area contributed by atoms with Crippen LogP contribution in [0.4, 0.5) is 5.95 Å². The zero-order valence-electron chi connectivity index (χ0n) is 14.0. The van der Waals surface area contributed by atoms with Gasteiger partial charge < -0.3 is 15.0 Å². The molecule has 1 saturated carbocycles. The molecular weight excluding hydrogens is 318 g/mol. The first-order valence-electron chi connectivity index (χ1n) is 8.80. The van der Waals surface area contributed by atoms with E-state index in [2.05, 4.69) is 25.3 Å². The van der Waals surface area contributed by atoms with Gasteiger partial charge in [-0.05, 0) is 30.9 Å². The van der Waals surface area contributed by atoms with Gasteiger partial charge in [0, 0.05) is 12.1 Å². The molecule has 0 amide bonds. The Balaban J connectivity index is 1.52. The van der Waals surface area contributed by atoms with E-state index in [0.29, 0.717) is 41.9 Å². The predicted octanol–water partition coefficient (Wildman–Crippen LogP) is 3.14. The molecule has 4 rings (SSSR count). The lowest BCUT2D eigenvalue weighted by Gasteiger charge is -2.21. The van der Waals surface area contributed by atoms with E-state index in [9.17, 15) is 4.79 Å². The fourth-order valence-electron chi connectivity index (χ4n) is 3.27. The van der Waals surface area contributed by atoms with E-state index in [1.807, 2.05) is 6.08 Å². The molecular formula is C18H21N5O2. The molecule has 2 aromatic rings. The number of ketones is 1. The number of nitrogens with zero attached hydrogens (tertiary/aromatic N) is 3. The Hall–Kier alpha value is -2.70. The fourth-order valence-corrected chi connectivity index (χ4v) is 3.27. The van der Waals surface area contributed by atoms with Gasteiger partial charge in [0.05, 0.1) is 12.9 Å². The Morgan fingerprint density at radius 3 is 2.88 bits per heavy atom. The number of nitrogens with one attached hydrogen (secondary N) is 2. The number of allylic oxidation sites excluding steroid dienone is 3. The Kier molecular flexibility index (Phi) is 4.45. The van der Waals surface area contributed by atoms with E-state index in [4.69, 9.17) is 4.74 Å². The number of ether oxygens (including phenoxy) is 1. The van der Waals surface area contributed by atoms with Gasteiger partial charge in [-0.2, -0.15) is 9.97 Å². The molecule has 25 heavy (non-hydrogen) atoms. The minimum Gasteiger partial charge on any atom is -0.476 e. The third-order valence-corrected chi connectivity index (χ3v) is 4.66. The summed E-state index contributed by atoms with van der Waals surface area (Å²) in [5, 5.41) is 3.13. The number of H-pyrrole nitrogens is 1. The summed E-state index contributed by atoms with van der Waals surface area (Å²) in [7, 11) is 0. The second kappa shape index (κ2) is 7.04. The van der Waals surface area contributed by atoms with Crippen LogP contribution < -0.4 is 10.1 Å². The first-order valence-corrected chi connectivity index (χ1v) is 8.80. The van der Waals surface area contributed by atoms with Crippen molar-refractivity contribution in [1.82, 2.24) is 19.9 Å². The maximum atomic E-state index is 11.3. The molecule has 0 aromatic carbocycles. The summed E-state index contributed by atoms with van der Waals surface area (Å²) >= 11 is 0. The van der Waals surface area contributed by atoms with Crippen molar-refractivity contribution in [2.45, 2.75) is 38.5 Å². The lowest BCUT2D eigenvalue weighted by molar-refractivity contribution is -0.113. The molecule has 0 saturated heterocycles. The average Bonchev–Trinajstić information content (AvgIpc) is 3.11. The number of carbonyl (C=O) groups is 1. The minimum absolute atomic E-state index is 0.0886. The van der Waals surface area contributed by atoms with Gasteiger partial charge >= 0.3 is 0 Å². The van der Waals surface area contributed by atoms with Gasteiger partial charge in [-0.15, -0.1) is 0 Å². The maximum Gasteiger partial charge on any atom is 0.245 e. The van der Waals surface area contributed by atoms with Crippen LogP contribution in [0.3, 0.4) is 0 Å². The number of carbonyl (C=O) groups excluding carboxylic acids is 1. The number of hydrogen-bond acceptors (Lipinski definition) is 6. The van der Waals surface area contributed by atoms with E-state index in [-0.39, 0.29) is 5.78 Å². The molecule has 7 heteroatoms. The van der Waals surface area contributed by atoms with Crippen LogP contribution in [0.1, 0.15) is 38.5 Å². The Bertz CT molecular complexity index is 833. The van der Waals surface area contributed by atoms with Crippen LogP contribution in [0.2, 0.25) is 0 Å². The van der Waals surface area contributed by atoms with Crippen LogP contribution in [0, 0.1) is 5.92 Å². The fraction of sp³-hybridized carbons (Fsp3) is 0.444. The molecule has 2 aromatic heterocycles. The van der Waals surface area contributed by atoms with Gasteiger partial charge in [-0.25, -0.2) is 4.98 Å². The van der Waals surface area contributed by atoms with Gasteiger partial charge in [0.15, 0.2) is 11.4 Å². The second-order valence-electron chi connectivity index (χ2n) is 6.56. The van der Waals surface area contributed by atoms with Crippen LogP contribution in [0.15, 0.2) is 30.3 Å². The van der Waals surface area contributed by atoms with Crippen molar-refractivity contribution in [3.05, 3.63) is 30.3 Å². The number of anilines is 1. The highest BCUT2D eigenvalue weighted by Gasteiger charge is 2.17. The Morgan fingerprint density at radius 1 is 1.20 bits per heavy atom. The second-order valence-corrected chi connectivity index (χ2v) is 6.56. The van der Waals surface area contributed by atoms with E-state index in [1.165, 1.54) is 32.1 Å². The molecule has 0 bridgehead atoms. The number of imidazole rings is 1. The van der Waals surface area contributed by atoms with E-state index in [1.54, 1.807) is 18.5 Å². The lowest BCUT2D eigenvalue weighted by atomic mass is 9.90. The number of aromatic amines is 1. The SMILES string of the molecule is O=C1C=CC(Nc2nc(OCC3CCCCC3)c3[nH]cnc3n2)=CC1. The molecule has 2 heterocycles. The van der Waals surface area contributed by atoms with Crippen molar-refractivity contribution in [2.75, 3.05) is 11.9 Å². The van der Waals surface area contributed by atoms with Crippen molar-refractivity contribution in [3.63, 3.8) is 0 Å². The van der Waals surface area contributed by atoms with Crippen LogP contribution in [0.5, 0.6) is 5.88 Å². The molecule has 2 N–H and O–H groups in total. The largest absolute Gasteiger partial charge is 0.476 e. The number of rotatable bonds is 5. The highest BCUT2D eigenvalue weighted by Crippen LogP contribution is 2.27. The van der Waals surface area contributed by atoms with Crippen molar-refractivity contribution in [2.24, 2.45) is 5.92 Å². The molecule has 2 aliphatic rings. The quantitative estimate of drug-likeness (QED) is 0.869. The molecule has 0 atom stereocenters. The van der Waals surface area contributed by atoms with E-state index < -0.39 is 0 Å². The number of aromatic nitrogens is 4. The zero-order chi connectivity index (χ0) is 17.1. The van der Waals surface area contributed by atoms with Crippen molar-refractivity contribution in [1.29, 1.82) is 0 Å². The van der Waals surface area contributed by atoms with Crippen LogP contribution in [-0.4, -0.2) is 32.3 Å². The molecule has 1 fully saturated rings. The summed E-state index contributed by atoms with van der Waals surface area (Å²) in [6, 6.07) is 0. The topological polar surface area (TPSA) is 92.8 Å². The lowest BCUT2D eigenvalue weighted by Crippen LogP contribution is -2.16. The Morgan fingerprint density at radius 2 is 2.08 bits per heavy atom. The predicted molar refractivity (Wildman–Crippen MR) is 94.2 cm³/mol. The third-order valence-electron chi connectivity index (χ3n) is 4.66. The summed E-state index contributed by atoms with van der Waals surface area (Å²) in [6.07, 6.45) is 13.4. The van der Waals surface area contributed by atoms with Gasteiger partial charge in [0.25, 0.3) is 0 Å². The molecule has 0 unspecified atom stereocenters. The summed E-state index contributed by atoms with van der Waals surface area (Å²) in [6.45, 7) is 0.668. The smallest absolute Gasteiger partial charge is 0.245 e. The summed E-state index contributed by atoms with van der Waals surface area (Å²) in [5.74, 6) is 1.62. The normalized spacial score (nSPS) is 18.4. The van der Waals surface area contributed by atoms with Crippen LogP contribution >= 0.6 is 0 Å². The maximum absolute atomic E-state index is 11.3. The average molecular weight is 339 g/mol. The van der Waals surface area contributed by atoms with E-state index in [0.717, 1.165) is 5.70 Å². The number of fused-ring (bicyclic) bond motifs is 1. The van der Waals surface area contributed by atoms with Crippen molar-refractivity contribution >= 4 is 22.9 Å². The van der Waals surface area contributed by atoms with Gasteiger partial charge in [-0.3, -0.25) is 4.79 Å². The minimum atomic E-state index is 0.0886. The molecule has 0 radical (unpaired) electrons. The zero-order valence-corrected chi connectivity index (χ0v) is 14.0.